The molecule has 63 valence electrons. The Bertz CT molecular complexity index is 318. The number of hydrogen-bond acceptors (Lipinski definition) is 0. The van der Waals surface area contributed by atoms with Gasteiger partial charge in [-0.05, 0) is 16.7 Å². The Morgan fingerprint density at radius 3 is 2.54 bits per heavy atom. The molecule has 2 rings (SSSR count). The summed E-state index contributed by atoms with van der Waals surface area (Å²) in [5.41, 5.74) is 3.77. The molecule has 1 aromatic rings. The number of fused-ring (bicyclic) bond motifs is 1. The predicted molar refractivity (Wildman–Crippen MR) is 62.8 cm³/mol. The van der Waals surface area contributed by atoms with E-state index < -0.39 is 8.80 Å². The van der Waals surface area contributed by atoms with Crippen LogP contribution in [0.1, 0.15) is 16.7 Å². The van der Waals surface area contributed by atoms with Crippen molar-refractivity contribution < 1.29 is 0 Å². The van der Waals surface area contributed by atoms with Gasteiger partial charge in [-0.2, -0.15) is 0 Å². The average Bonchev–Trinajstić information content (AvgIpc) is 2.47. The molecule has 1 aromatic carbocycles. The van der Waals surface area contributed by atoms with E-state index in [0.29, 0.717) is 0 Å². The van der Waals surface area contributed by atoms with Crippen LogP contribution in [-0.4, -0.2) is 27.7 Å². The molecule has 0 saturated heterocycles. The zero-order chi connectivity index (χ0) is 8.55. The first-order valence-corrected chi connectivity index (χ1v) is 7.54. The summed E-state index contributed by atoms with van der Waals surface area (Å²) in [6.07, 6.45) is 4.65. The van der Waals surface area contributed by atoms with E-state index in [4.69, 9.17) is 0 Å². The van der Waals surface area contributed by atoms with Gasteiger partial charge in [0.1, 0.15) is 0 Å². The van der Waals surface area contributed by atoms with Crippen molar-refractivity contribution in [2.75, 3.05) is 0 Å². The Hall–Kier alpha value is -0.226. The Morgan fingerprint density at radius 1 is 1.15 bits per heavy atom. The van der Waals surface area contributed by atoms with Gasteiger partial charge >= 0.3 is 0 Å². The molecule has 1 aliphatic rings. The molecule has 0 spiro atoms. The number of hydrogen-bond donors (Lipinski definition) is 0. The summed E-state index contributed by atoms with van der Waals surface area (Å²) in [5, 5.41) is 0. The van der Waals surface area contributed by atoms with Crippen molar-refractivity contribution in [2.45, 2.75) is 18.6 Å². The number of allylic oxidation sites excluding steroid dienone is 1. The van der Waals surface area contributed by atoms with Crippen LogP contribution in [0.4, 0.5) is 0 Å². The zero-order valence-electron chi connectivity index (χ0n) is 8.62. The fraction of sp³-hybridized carbons (Fsp3) is 0.273. The Labute approximate surface area is 93.8 Å². The molecule has 0 heterocycles. The summed E-state index contributed by atoms with van der Waals surface area (Å²) < 4.78 is 0. The van der Waals surface area contributed by atoms with Crippen molar-refractivity contribution in [2.24, 2.45) is 0 Å². The van der Waals surface area contributed by atoms with Crippen molar-refractivity contribution in [3.05, 3.63) is 41.5 Å². The molecule has 1 aliphatic carbocycles. The van der Waals surface area contributed by atoms with Gasteiger partial charge in [0.15, 0.2) is 0 Å². The fourth-order valence-electron chi connectivity index (χ4n) is 1.86. The molecular formula is C11H14LiSi. The Kier molecular flexibility index (Phi) is 3.61. The van der Waals surface area contributed by atoms with E-state index >= 15 is 0 Å². The molecule has 0 amide bonds. The second kappa shape index (κ2) is 4.33. The van der Waals surface area contributed by atoms with Gasteiger partial charge in [0.25, 0.3) is 0 Å². The second-order valence-electron chi connectivity index (χ2n) is 3.76. The Balaban J connectivity index is 0.000000845. The molecule has 2 heteroatoms. The van der Waals surface area contributed by atoms with Crippen LogP contribution in [0.25, 0.3) is 6.08 Å². The van der Waals surface area contributed by atoms with Crippen LogP contribution < -0.4 is 0 Å². The van der Waals surface area contributed by atoms with Crippen LogP contribution in [-0.2, 0) is 0 Å². The molecule has 1 unspecified atom stereocenters. The third kappa shape index (κ3) is 1.99. The van der Waals surface area contributed by atoms with Crippen LogP contribution in [0.2, 0.25) is 13.1 Å². The standard InChI is InChI=1S/C11H14Si.Li/c1-12(2)11-8-7-9-5-3-4-6-10(9)11;/h3-8,11-12H,1-2H3;. The molecule has 0 aliphatic heterocycles. The molecule has 0 aromatic heterocycles. The summed E-state index contributed by atoms with van der Waals surface area (Å²) in [6, 6.07) is 8.75. The van der Waals surface area contributed by atoms with E-state index in [-0.39, 0.29) is 18.9 Å². The van der Waals surface area contributed by atoms with Crippen molar-refractivity contribution in [1.82, 2.24) is 0 Å². The maximum atomic E-state index is 2.41. The summed E-state index contributed by atoms with van der Waals surface area (Å²) in [5.74, 6) is 0. The number of rotatable bonds is 1. The van der Waals surface area contributed by atoms with Gasteiger partial charge in [-0.25, -0.2) is 0 Å². The molecule has 13 heavy (non-hydrogen) atoms. The molecule has 1 atom stereocenters. The van der Waals surface area contributed by atoms with Crippen molar-refractivity contribution in [3.8, 4) is 0 Å². The van der Waals surface area contributed by atoms with Crippen LogP contribution in [0.15, 0.2) is 30.3 Å². The topological polar surface area (TPSA) is 0 Å². The SMILES string of the molecule is C[SiH](C)C1C=Cc2ccccc21.[Li]. The van der Waals surface area contributed by atoms with Crippen molar-refractivity contribution in [1.29, 1.82) is 0 Å². The van der Waals surface area contributed by atoms with Gasteiger partial charge in [0.2, 0.25) is 0 Å². The third-order valence-electron chi connectivity index (χ3n) is 2.56. The van der Waals surface area contributed by atoms with Gasteiger partial charge in [-0.15, -0.1) is 0 Å². The fourth-order valence-corrected chi connectivity index (χ4v) is 3.44. The minimum Gasteiger partial charge on any atom is -0.0795 e. The van der Waals surface area contributed by atoms with Gasteiger partial charge in [0.05, 0.1) is 0 Å². The first-order chi connectivity index (χ1) is 5.79. The predicted octanol–water partition coefficient (Wildman–Crippen LogP) is 2.44. The van der Waals surface area contributed by atoms with Crippen LogP contribution in [0.3, 0.4) is 0 Å². The van der Waals surface area contributed by atoms with Crippen LogP contribution in [0.5, 0.6) is 0 Å². The van der Waals surface area contributed by atoms with Crippen LogP contribution in [0, 0.1) is 0 Å². The summed E-state index contributed by atoms with van der Waals surface area (Å²) in [6.45, 7) is 4.83. The first kappa shape index (κ1) is 10.9. The van der Waals surface area contributed by atoms with Crippen LogP contribution >= 0.6 is 0 Å². The second-order valence-corrected chi connectivity index (χ2v) is 6.96. The van der Waals surface area contributed by atoms with Gasteiger partial charge < -0.3 is 0 Å². The van der Waals surface area contributed by atoms with E-state index in [1.165, 1.54) is 5.56 Å². The van der Waals surface area contributed by atoms with E-state index in [2.05, 4.69) is 49.5 Å². The molecule has 0 bridgehead atoms. The van der Waals surface area contributed by atoms with Gasteiger partial charge in [0, 0.05) is 27.7 Å². The molecule has 1 radical (unpaired) electrons. The quantitative estimate of drug-likeness (QED) is 0.584. The van der Waals surface area contributed by atoms with Crippen molar-refractivity contribution in [3.63, 3.8) is 0 Å². The zero-order valence-corrected chi connectivity index (χ0v) is 9.77. The first-order valence-electron chi connectivity index (χ1n) is 4.56. The summed E-state index contributed by atoms with van der Waals surface area (Å²) in [7, 11) is -0.547. The molecule has 0 fully saturated rings. The summed E-state index contributed by atoms with van der Waals surface area (Å²) >= 11 is 0. The molecule has 0 saturated carbocycles. The largest absolute Gasteiger partial charge is 0.0795 e. The molecule has 0 nitrogen and oxygen atoms in total. The maximum Gasteiger partial charge on any atom is 0.0436 e. The minimum absolute atomic E-state index is 0. The normalized spacial score (nSPS) is 18.5. The maximum absolute atomic E-state index is 2.41. The molecular weight excluding hydrogens is 167 g/mol. The van der Waals surface area contributed by atoms with E-state index in [9.17, 15) is 0 Å². The smallest absolute Gasteiger partial charge is 0.0436 e. The third-order valence-corrected chi connectivity index (χ3v) is 4.57. The minimum atomic E-state index is -0.547. The van der Waals surface area contributed by atoms with E-state index in [0.717, 1.165) is 5.54 Å². The number of benzene rings is 1. The van der Waals surface area contributed by atoms with E-state index in [1.54, 1.807) is 5.56 Å². The monoisotopic (exact) mass is 181 g/mol. The summed E-state index contributed by atoms with van der Waals surface area (Å²) in [4.78, 5) is 0. The average molecular weight is 181 g/mol. The van der Waals surface area contributed by atoms with Gasteiger partial charge in [-0.3, -0.25) is 0 Å². The Morgan fingerprint density at radius 2 is 1.85 bits per heavy atom. The van der Waals surface area contributed by atoms with E-state index in [1.807, 2.05) is 0 Å². The van der Waals surface area contributed by atoms with Crippen molar-refractivity contribution >= 4 is 33.7 Å². The molecule has 0 N–H and O–H groups in total. The van der Waals surface area contributed by atoms with Gasteiger partial charge in [-0.1, -0.05) is 49.5 Å².